The average Bonchev–Trinajstić information content (AvgIpc) is 2.98. The van der Waals surface area contributed by atoms with Gasteiger partial charge in [-0.05, 0) is 6.07 Å². The maximum Gasteiger partial charge on any atom is 0.230 e. The zero-order chi connectivity index (χ0) is 13.1. The standard InChI is InChI=1S/C15H10N2OS.BrH/c18-14(11-6-2-1-3-7-11)15-17-13(10-19-15)12-8-4-5-9-16-12;/h1-10H;1H. The molecule has 0 saturated carbocycles. The smallest absolute Gasteiger partial charge is 0.230 e. The minimum Gasteiger partial charge on any atom is -1.00 e. The highest BCUT2D eigenvalue weighted by Gasteiger charge is 2.16. The lowest BCUT2D eigenvalue weighted by molar-refractivity contribution is -0.364. The lowest BCUT2D eigenvalue weighted by atomic mass is 10.1. The average molecular weight is 347 g/mol. The van der Waals surface area contributed by atoms with E-state index < -0.39 is 0 Å². The number of benzene rings is 1. The number of halogens is 1. The monoisotopic (exact) mass is 346 g/mol. The molecule has 0 spiro atoms. The van der Waals surface area contributed by atoms with Gasteiger partial charge in [-0.2, -0.15) is 0 Å². The van der Waals surface area contributed by atoms with Crippen molar-refractivity contribution in [2.45, 2.75) is 0 Å². The predicted molar refractivity (Wildman–Crippen MR) is 74.0 cm³/mol. The van der Waals surface area contributed by atoms with Crippen molar-refractivity contribution in [2.24, 2.45) is 0 Å². The molecule has 0 fully saturated rings. The first-order valence-corrected chi connectivity index (χ1v) is 6.75. The fraction of sp³-hybridized carbons (Fsp3) is 0. The van der Waals surface area contributed by atoms with E-state index in [9.17, 15) is 4.79 Å². The molecule has 0 aliphatic carbocycles. The highest BCUT2D eigenvalue weighted by atomic mass is 79.9. The molecule has 0 atom stereocenters. The van der Waals surface area contributed by atoms with Crippen LogP contribution in [-0.2, 0) is 0 Å². The van der Waals surface area contributed by atoms with Gasteiger partial charge >= 0.3 is 0 Å². The SMILES string of the molecule is O=C(c1ccccc1)c1nc(-c2cccc[nH+]2)cs1.[Br-]. The molecule has 0 amide bonds. The van der Waals surface area contributed by atoms with Gasteiger partial charge in [0.15, 0.2) is 11.2 Å². The molecule has 5 heteroatoms. The maximum atomic E-state index is 12.2. The molecule has 0 radical (unpaired) electrons. The van der Waals surface area contributed by atoms with E-state index >= 15 is 0 Å². The number of carbonyl (C=O) groups excluding carboxylic acids is 1. The Morgan fingerprint density at radius 3 is 2.50 bits per heavy atom. The molecule has 2 aromatic heterocycles. The third-order valence-corrected chi connectivity index (χ3v) is 3.56. The van der Waals surface area contributed by atoms with E-state index in [4.69, 9.17) is 0 Å². The zero-order valence-electron chi connectivity index (χ0n) is 10.4. The van der Waals surface area contributed by atoms with Crippen molar-refractivity contribution in [1.82, 2.24) is 4.98 Å². The Balaban J connectivity index is 0.00000147. The van der Waals surface area contributed by atoms with Crippen LogP contribution in [0.3, 0.4) is 0 Å². The van der Waals surface area contributed by atoms with Crippen molar-refractivity contribution >= 4 is 17.1 Å². The fourth-order valence-electron chi connectivity index (χ4n) is 1.77. The molecular weight excluding hydrogens is 336 g/mol. The van der Waals surface area contributed by atoms with E-state index in [2.05, 4.69) is 9.97 Å². The summed E-state index contributed by atoms with van der Waals surface area (Å²) in [5.41, 5.74) is 2.37. The zero-order valence-corrected chi connectivity index (χ0v) is 12.8. The van der Waals surface area contributed by atoms with Crippen LogP contribution in [0.4, 0.5) is 0 Å². The van der Waals surface area contributed by atoms with Crippen molar-refractivity contribution in [1.29, 1.82) is 0 Å². The number of nitrogens with zero attached hydrogens (tertiary/aromatic N) is 1. The molecule has 0 saturated heterocycles. The molecular formula is C15H11BrN2OS. The molecule has 3 aromatic rings. The fourth-order valence-corrected chi connectivity index (χ4v) is 2.55. The normalized spacial score (nSPS) is 9.80. The molecule has 0 aliphatic heterocycles. The van der Waals surface area contributed by atoms with Gasteiger partial charge in [-0.15, -0.1) is 11.3 Å². The van der Waals surface area contributed by atoms with E-state index in [-0.39, 0.29) is 22.8 Å². The highest BCUT2D eigenvalue weighted by molar-refractivity contribution is 7.12. The number of hydrogen-bond acceptors (Lipinski definition) is 3. The molecule has 1 N–H and O–H groups in total. The van der Waals surface area contributed by atoms with Crippen molar-refractivity contribution in [3.8, 4) is 11.4 Å². The molecule has 3 nitrogen and oxygen atoms in total. The molecule has 0 bridgehead atoms. The third-order valence-electron chi connectivity index (χ3n) is 2.72. The number of thiazole rings is 1. The van der Waals surface area contributed by atoms with E-state index in [0.29, 0.717) is 10.6 Å². The predicted octanol–water partition coefficient (Wildman–Crippen LogP) is -0.141. The lowest BCUT2D eigenvalue weighted by Gasteiger charge is -1.95. The third kappa shape index (κ3) is 3.00. The highest BCUT2D eigenvalue weighted by Crippen LogP contribution is 2.20. The van der Waals surface area contributed by atoms with Gasteiger partial charge < -0.3 is 17.0 Å². The number of aromatic amines is 1. The topological polar surface area (TPSA) is 44.1 Å². The van der Waals surface area contributed by atoms with Crippen LogP contribution < -0.4 is 22.0 Å². The summed E-state index contributed by atoms with van der Waals surface area (Å²) in [6.45, 7) is 0. The summed E-state index contributed by atoms with van der Waals surface area (Å²) in [4.78, 5) is 19.7. The van der Waals surface area contributed by atoms with Gasteiger partial charge in [-0.1, -0.05) is 30.3 Å². The largest absolute Gasteiger partial charge is 1.00 e. The van der Waals surface area contributed by atoms with Crippen LogP contribution >= 0.6 is 11.3 Å². The van der Waals surface area contributed by atoms with Gasteiger partial charge in [0, 0.05) is 23.1 Å². The van der Waals surface area contributed by atoms with Crippen molar-refractivity contribution in [2.75, 3.05) is 0 Å². The first-order valence-electron chi connectivity index (χ1n) is 5.87. The Bertz CT molecular complexity index is 698. The molecule has 0 unspecified atom stereocenters. The Kier molecular flexibility index (Phi) is 4.76. The van der Waals surface area contributed by atoms with Gasteiger partial charge in [-0.25, -0.2) is 9.97 Å². The van der Waals surface area contributed by atoms with E-state index in [1.54, 1.807) is 12.1 Å². The van der Waals surface area contributed by atoms with Gasteiger partial charge in [0.25, 0.3) is 0 Å². The summed E-state index contributed by atoms with van der Waals surface area (Å²) >= 11 is 1.37. The molecule has 20 heavy (non-hydrogen) atoms. The van der Waals surface area contributed by atoms with E-state index in [1.807, 2.05) is 48.0 Å². The summed E-state index contributed by atoms with van der Waals surface area (Å²) in [6, 6.07) is 15.0. The summed E-state index contributed by atoms with van der Waals surface area (Å²) in [7, 11) is 0. The number of H-pyrrole nitrogens is 1. The Labute approximate surface area is 131 Å². The Morgan fingerprint density at radius 1 is 1.05 bits per heavy atom. The Hall–Kier alpha value is -1.85. The van der Waals surface area contributed by atoms with Crippen LogP contribution in [0.2, 0.25) is 0 Å². The molecule has 3 rings (SSSR count). The Morgan fingerprint density at radius 2 is 1.80 bits per heavy atom. The maximum absolute atomic E-state index is 12.2. The van der Waals surface area contributed by atoms with Gasteiger partial charge in [0.05, 0.1) is 0 Å². The second kappa shape index (κ2) is 6.54. The quantitative estimate of drug-likeness (QED) is 0.619. The number of ketones is 1. The molecule has 2 heterocycles. The minimum absolute atomic E-state index is 0. The number of pyridine rings is 1. The molecule has 1 aromatic carbocycles. The summed E-state index contributed by atoms with van der Waals surface area (Å²) in [5, 5.41) is 2.40. The van der Waals surface area contributed by atoms with Crippen LogP contribution in [0.15, 0.2) is 60.1 Å². The van der Waals surface area contributed by atoms with Gasteiger partial charge in [0.2, 0.25) is 11.5 Å². The lowest BCUT2D eigenvalue weighted by Crippen LogP contribution is -3.00. The van der Waals surface area contributed by atoms with Crippen LogP contribution in [0.25, 0.3) is 11.4 Å². The second-order valence-electron chi connectivity index (χ2n) is 4.01. The van der Waals surface area contributed by atoms with Crippen LogP contribution in [0.5, 0.6) is 0 Å². The van der Waals surface area contributed by atoms with Gasteiger partial charge in [0.1, 0.15) is 5.69 Å². The minimum atomic E-state index is -0.0345. The number of aromatic nitrogens is 2. The van der Waals surface area contributed by atoms with E-state index in [1.165, 1.54) is 11.3 Å². The van der Waals surface area contributed by atoms with Crippen molar-refractivity contribution in [3.63, 3.8) is 0 Å². The number of rotatable bonds is 3. The summed E-state index contributed by atoms with van der Waals surface area (Å²) < 4.78 is 0. The molecule has 100 valence electrons. The summed E-state index contributed by atoms with van der Waals surface area (Å²) in [5.74, 6) is -0.0345. The van der Waals surface area contributed by atoms with Crippen molar-refractivity contribution < 1.29 is 26.8 Å². The van der Waals surface area contributed by atoms with Gasteiger partial charge in [-0.3, -0.25) is 4.79 Å². The van der Waals surface area contributed by atoms with Crippen molar-refractivity contribution in [3.05, 3.63) is 70.7 Å². The summed E-state index contributed by atoms with van der Waals surface area (Å²) in [6.07, 6.45) is 1.84. The van der Waals surface area contributed by atoms with Crippen LogP contribution in [0, 0.1) is 0 Å². The number of carbonyl (C=O) groups is 1. The first-order chi connectivity index (χ1) is 9.34. The second-order valence-corrected chi connectivity index (χ2v) is 4.87. The number of nitrogens with one attached hydrogen (secondary N) is 1. The van der Waals surface area contributed by atoms with Crippen LogP contribution in [0.1, 0.15) is 15.4 Å². The van der Waals surface area contributed by atoms with Crippen LogP contribution in [-0.4, -0.2) is 10.8 Å². The molecule has 0 aliphatic rings. The van der Waals surface area contributed by atoms with E-state index in [0.717, 1.165) is 11.4 Å². The number of hydrogen-bond donors (Lipinski definition) is 0. The first kappa shape index (κ1) is 14.6.